The van der Waals surface area contributed by atoms with Gasteiger partial charge in [-0.2, -0.15) is 0 Å². The van der Waals surface area contributed by atoms with Crippen molar-refractivity contribution in [3.05, 3.63) is 0 Å². The molecule has 6 atom stereocenters. The second-order valence-electron chi connectivity index (χ2n) is 29.1. The topological polar surface area (TPSA) is 237 Å². The Labute approximate surface area is 581 Å². The molecule has 0 fully saturated rings. The second kappa shape index (κ2) is 65.4. The standard InChI is InChI=1S/C76H148O17P2/c1-9-69(8)55-47-39-30-24-20-16-14-12-10-11-13-15-17-21-25-31-40-48-56-73(78)86-62-71(92-75(80)58-50-42-32-26-22-18-19-23-28-36-44-52-66(2)3)64-90-94(82,83)88-60-70(77)61-89-95(84,85)91-65-72(93-76(81)59-51-43-35-34-38-46-54-68(6)7)63-87-74(79)57-49-41-33-27-29-37-45-53-67(4)5/h66-72,77H,9-65H2,1-8H3,(H,82,83)(H,84,85)/t69?,70?,71-,72-/m1/s1. The van der Waals surface area contributed by atoms with Crippen LogP contribution in [-0.2, 0) is 65.4 Å². The monoisotopic (exact) mass is 1400 g/mol. The van der Waals surface area contributed by atoms with Gasteiger partial charge in [0.25, 0.3) is 0 Å². The Morgan fingerprint density at radius 1 is 0.295 bits per heavy atom. The Morgan fingerprint density at radius 3 is 0.747 bits per heavy atom. The second-order valence-corrected chi connectivity index (χ2v) is 32.0. The predicted molar refractivity (Wildman–Crippen MR) is 386 cm³/mol. The lowest BCUT2D eigenvalue weighted by Gasteiger charge is -2.21. The maximum atomic E-state index is 13.1. The van der Waals surface area contributed by atoms with E-state index in [-0.39, 0.29) is 25.7 Å². The minimum Gasteiger partial charge on any atom is -0.462 e. The number of aliphatic hydroxyl groups excluding tert-OH is 1. The van der Waals surface area contributed by atoms with E-state index in [0.29, 0.717) is 37.5 Å². The number of carbonyl (C=O) groups excluding carboxylic acids is 4. The fourth-order valence-electron chi connectivity index (χ4n) is 11.5. The first-order valence-electron chi connectivity index (χ1n) is 39.2. The van der Waals surface area contributed by atoms with E-state index in [9.17, 15) is 43.2 Å². The Morgan fingerprint density at radius 2 is 0.505 bits per heavy atom. The molecule has 17 nitrogen and oxygen atoms in total. The highest BCUT2D eigenvalue weighted by atomic mass is 31.2. The molecule has 4 unspecified atom stereocenters. The van der Waals surface area contributed by atoms with Crippen molar-refractivity contribution in [2.75, 3.05) is 39.6 Å². The van der Waals surface area contributed by atoms with Crippen LogP contribution in [0.3, 0.4) is 0 Å². The number of ether oxygens (including phenoxy) is 4. The number of hydrogen-bond acceptors (Lipinski definition) is 15. The zero-order chi connectivity index (χ0) is 70.3. The molecule has 0 spiro atoms. The van der Waals surface area contributed by atoms with Gasteiger partial charge in [-0.05, 0) is 49.4 Å². The summed E-state index contributed by atoms with van der Waals surface area (Å²) in [6.45, 7) is 14.1. The molecule has 0 saturated heterocycles. The van der Waals surface area contributed by atoms with E-state index in [0.717, 1.165) is 108 Å². The van der Waals surface area contributed by atoms with Gasteiger partial charge in [-0.3, -0.25) is 37.3 Å². The summed E-state index contributed by atoms with van der Waals surface area (Å²) in [6.07, 6.45) is 50.4. The average Bonchev–Trinajstić information content (AvgIpc) is 1.54. The number of aliphatic hydroxyl groups is 1. The molecule has 3 N–H and O–H groups in total. The van der Waals surface area contributed by atoms with Gasteiger partial charge in [0, 0.05) is 25.7 Å². The molecule has 0 saturated carbocycles. The summed E-state index contributed by atoms with van der Waals surface area (Å²) in [4.78, 5) is 72.7. The highest BCUT2D eigenvalue weighted by Gasteiger charge is 2.30. The van der Waals surface area contributed by atoms with Crippen LogP contribution in [0.5, 0.6) is 0 Å². The smallest absolute Gasteiger partial charge is 0.462 e. The fourth-order valence-corrected chi connectivity index (χ4v) is 13.1. The average molecular weight is 1400 g/mol. The molecule has 19 heteroatoms. The largest absolute Gasteiger partial charge is 0.472 e. The predicted octanol–water partition coefficient (Wildman–Crippen LogP) is 22.0. The summed E-state index contributed by atoms with van der Waals surface area (Å²) in [5.74, 6) is 0.886. The molecule has 0 rings (SSSR count). The molecule has 0 aliphatic rings. The quantitative estimate of drug-likeness (QED) is 0.0222. The highest BCUT2D eigenvalue weighted by molar-refractivity contribution is 7.47. The molecule has 0 aromatic heterocycles. The van der Waals surface area contributed by atoms with Gasteiger partial charge in [0.05, 0.1) is 26.4 Å². The number of rotatable bonds is 73. The fraction of sp³-hybridized carbons (Fsp3) is 0.947. The lowest BCUT2D eigenvalue weighted by Crippen LogP contribution is -2.30. The van der Waals surface area contributed by atoms with Crippen molar-refractivity contribution in [1.29, 1.82) is 0 Å². The Kier molecular flexibility index (Phi) is 64.0. The molecule has 0 radical (unpaired) electrons. The summed E-state index contributed by atoms with van der Waals surface area (Å²) in [7, 11) is -9.91. The molecule has 0 amide bonds. The number of carbonyl (C=O) groups is 4. The van der Waals surface area contributed by atoms with Gasteiger partial charge >= 0.3 is 39.5 Å². The number of phosphoric acid groups is 2. The van der Waals surface area contributed by atoms with Crippen LogP contribution in [0.25, 0.3) is 0 Å². The van der Waals surface area contributed by atoms with Crippen molar-refractivity contribution in [2.24, 2.45) is 23.7 Å². The lowest BCUT2D eigenvalue weighted by atomic mass is 9.99. The minimum atomic E-state index is -4.96. The number of unbranched alkanes of at least 4 members (excludes halogenated alkanes) is 38. The number of hydrogen-bond donors (Lipinski definition) is 3. The van der Waals surface area contributed by atoms with Crippen LogP contribution in [0.15, 0.2) is 0 Å². The number of esters is 4. The molecule has 0 heterocycles. The van der Waals surface area contributed by atoms with Gasteiger partial charge in [-0.25, -0.2) is 9.13 Å². The van der Waals surface area contributed by atoms with Crippen molar-refractivity contribution >= 4 is 39.5 Å². The molecular formula is C76H148O17P2. The first kappa shape index (κ1) is 93.1. The van der Waals surface area contributed by atoms with Crippen molar-refractivity contribution in [1.82, 2.24) is 0 Å². The van der Waals surface area contributed by atoms with Gasteiger partial charge in [0.2, 0.25) is 0 Å². The van der Waals surface area contributed by atoms with Crippen LogP contribution >= 0.6 is 15.6 Å². The zero-order valence-corrected chi connectivity index (χ0v) is 64.1. The van der Waals surface area contributed by atoms with Gasteiger partial charge in [0.15, 0.2) is 12.2 Å². The third kappa shape index (κ3) is 69.0. The van der Waals surface area contributed by atoms with Crippen LogP contribution in [0.2, 0.25) is 0 Å². The normalized spacial score (nSPS) is 14.4. The number of phosphoric ester groups is 2. The van der Waals surface area contributed by atoms with E-state index in [2.05, 4.69) is 55.4 Å². The Bertz CT molecular complexity index is 1870. The van der Waals surface area contributed by atoms with E-state index >= 15 is 0 Å². The third-order valence-corrected chi connectivity index (χ3v) is 19.8. The van der Waals surface area contributed by atoms with Gasteiger partial charge in [0.1, 0.15) is 19.3 Å². The SMILES string of the molecule is CCC(C)CCCCCCCCCCCCCCCCCCCCC(=O)OC[C@H](COP(=O)(O)OCC(O)COP(=O)(O)OC[C@@H](COC(=O)CCCCCCCCCC(C)C)OC(=O)CCCCCCCCC(C)C)OC(=O)CCCCCCCCCCCCCC(C)C. The lowest BCUT2D eigenvalue weighted by molar-refractivity contribution is -0.161. The zero-order valence-electron chi connectivity index (χ0n) is 62.3. The van der Waals surface area contributed by atoms with Crippen LogP contribution in [0.1, 0.15) is 383 Å². The molecule has 564 valence electrons. The van der Waals surface area contributed by atoms with Crippen molar-refractivity contribution in [3.8, 4) is 0 Å². The van der Waals surface area contributed by atoms with Crippen LogP contribution in [-0.4, -0.2) is 96.7 Å². The van der Waals surface area contributed by atoms with Crippen LogP contribution < -0.4 is 0 Å². The summed E-state index contributed by atoms with van der Waals surface area (Å²) < 4.78 is 68.4. The minimum absolute atomic E-state index is 0.101. The van der Waals surface area contributed by atoms with Gasteiger partial charge < -0.3 is 33.8 Å². The molecular weight excluding hydrogens is 1250 g/mol. The van der Waals surface area contributed by atoms with Gasteiger partial charge in [-0.15, -0.1) is 0 Å². The summed E-state index contributed by atoms with van der Waals surface area (Å²) >= 11 is 0. The molecule has 0 aliphatic heterocycles. The first-order chi connectivity index (χ1) is 45.6. The maximum Gasteiger partial charge on any atom is 0.472 e. The summed E-state index contributed by atoms with van der Waals surface area (Å²) in [5.41, 5.74) is 0. The van der Waals surface area contributed by atoms with E-state index in [1.165, 1.54) is 180 Å². The Balaban J connectivity index is 5.15. The molecule has 0 bridgehead atoms. The van der Waals surface area contributed by atoms with Crippen molar-refractivity contribution in [3.63, 3.8) is 0 Å². The van der Waals surface area contributed by atoms with E-state index in [4.69, 9.17) is 37.0 Å². The maximum absolute atomic E-state index is 13.1. The third-order valence-electron chi connectivity index (χ3n) is 17.9. The van der Waals surface area contributed by atoms with Crippen molar-refractivity contribution in [2.45, 2.75) is 401 Å². The van der Waals surface area contributed by atoms with Gasteiger partial charge in [-0.1, -0.05) is 331 Å². The molecule has 0 aliphatic carbocycles. The van der Waals surface area contributed by atoms with Crippen LogP contribution in [0, 0.1) is 23.7 Å². The summed E-state index contributed by atoms with van der Waals surface area (Å²) in [5, 5.41) is 10.6. The summed E-state index contributed by atoms with van der Waals surface area (Å²) in [6, 6.07) is 0. The Hall–Kier alpha value is -1.94. The van der Waals surface area contributed by atoms with Crippen LogP contribution in [0.4, 0.5) is 0 Å². The van der Waals surface area contributed by atoms with Crippen molar-refractivity contribution < 1.29 is 80.2 Å². The highest BCUT2D eigenvalue weighted by Crippen LogP contribution is 2.45. The molecule has 0 aromatic rings. The first-order valence-corrected chi connectivity index (χ1v) is 42.2. The van der Waals surface area contributed by atoms with E-state index < -0.39 is 97.5 Å². The van der Waals surface area contributed by atoms with E-state index in [1.54, 1.807) is 0 Å². The molecule has 95 heavy (non-hydrogen) atoms. The molecule has 0 aromatic carbocycles. The van der Waals surface area contributed by atoms with E-state index in [1.807, 2.05) is 0 Å².